The minimum absolute atomic E-state index is 0.0579. The minimum Gasteiger partial charge on any atom is -0.339 e. The number of halogens is 4. The molecule has 2 aromatic carbocycles. The van der Waals surface area contributed by atoms with E-state index in [0.717, 1.165) is 0 Å². The second-order valence-electron chi connectivity index (χ2n) is 6.06. The number of carbonyl (C=O) groups is 1. The zero-order valence-electron chi connectivity index (χ0n) is 13.6. The van der Waals surface area contributed by atoms with E-state index in [1.54, 1.807) is 6.07 Å². The SMILES string of the molecule is O=C1CC(c2nc(-c3ccc(F)c(Cl)c3)no2)CN1c1cccc(Cl)c1F. The van der Waals surface area contributed by atoms with Gasteiger partial charge < -0.3 is 9.42 Å². The highest BCUT2D eigenvalue weighted by molar-refractivity contribution is 6.31. The molecule has 0 aliphatic carbocycles. The molecular formula is C18H11Cl2F2N3O2. The Morgan fingerprint density at radius 2 is 1.96 bits per heavy atom. The van der Waals surface area contributed by atoms with Gasteiger partial charge in [-0.1, -0.05) is 34.4 Å². The summed E-state index contributed by atoms with van der Waals surface area (Å²) < 4.78 is 32.8. The largest absolute Gasteiger partial charge is 0.339 e. The Bertz CT molecular complexity index is 1040. The molecular weight excluding hydrogens is 399 g/mol. The predicted molar refractivity (Wildman–Crippen MR) is 95.8 cm³/mol. The number of benzene rings is 2. The number of carbonyl (C=O) groups excluding carboxylic acids is 1. The number of nitrogens with zero attached hydrogens (tertiary/aromatic N) is 3. The normalized spacial score (nSPS) is 17.0. The molecule has 2 heterocycles. The minimum atomic E-state index is -0.652. The van der Waals surface area contributed by atoms with Crippen molar-refractivity contribution in [1.82, 2.24) is 10.1 Å². The lowest BCUT2D eigenvalue weighted by atomic mass is 10.1. The first-order valence-corrected chi connectivity index (χ1v) is 8.73. The molecule has 0 spiro atoms. The van der Waals surface area contributed by atoms with Gasteiger partial charge in [0, 0.05) is 18.5 Å². The topological polar surface area (TPSA) is 59.2 Å². The molecule has 1 saturated heterocycles. The van der Waals surface area contributed by atoms with Crippen LogP contribution in [0.1, 0.15) is 18.2 Å². The molecule has 1 amide bonds. The van der Waals surface area contributed by atoms with E-state index in [1.807, 2.05) is 0 Å². The van der Waals surface area contributed by atoms with Crippen LogP contribution in [0.4, 0.5) is 14.5 Å². The molecule has 5 nitrogen and oxygen atoms in total. The zero-order valence-corrected chi connectivity index (χ0v) is 15.1. The number of rotatable bonds is 3. The second-order valence-corrected chi connectivity index (χ2v) is 6.88. The van der Waals surface area contributed by atoms with Gasteiger partial charge in [0.1, 0.15) is 5.82 Å². The first kappa shape index (κ1) is 17.9. The second kappa shape index (κ2) is 6.90. The summed E-state index contributed by atoms with van der Waals surface area (Å²) in [5.74, 6) is -1.40. The van der Waals surface area contributed by atoms with Crippen LogP contribution in [0.5, 0.6) is 0 Å². The Morgan fingerprint density at radius 1 is 1.15 bits per heavy atom. The van der Waals surface area contributed by atoms with Crippen molar-refractivity contribution in [2.45, 2.75) is 12.3 Å². The molecule has 3 aromatic rings. The van der Waals surface area contributed by atoms with Gasteiger partial charge in [-0.05, 0) is 30.3 Å². The molecule has 138 valence electrons. The van der Waals surface area contributed by atoms with Crippen molar-refractivity contribution in [2.24, 2.45) is 0 Å². The summed E-state index contributed by atoms with van der Waals surface area (Å²) in [6.07, 6.45) is 0.0950. The lowest BCUT2D eigenvalue weighted by molar-refractivity contribution is -0.117. The number of anilines is 1. The summed E-state index contributed by atoms with van der Waals surface area (Å²) in [4.78, 5) is 17.9. The van der Waals surface area contributed by atoms with Gasteiger partial charge in [-0.2, -0.15) is 4.98 Å². The molecule has 0 radical (unpaired) electrons. The predicted octanol–water partition coefficient (Wildman–Crippen LogP) is 4.84. The quantitative estimate of drug-likeness (QED) is 0.620. The summed E-state index contributed by atoms with van der Waals surface area (Å²) in [6.45, 7) is 0.182. The van der Waals surface area contributed by atoms with Crippen LogP contribution in [0.25, 0.3) is 11.4 Å². The third-order valence-electron chi connectivity index (χ3n) is 4.32. The number of hydrogen-bond acceptors (Lipinski definition) is 4. The monoisotopic (exact) mass is 409 g/mol. The van der Waals surface area contributed by atoms with Gasteiger partial charge in [-0.25, -0.2) is 8.78 Å². The number of hydrogen-bond donors (Lipinski definition) is 0. The summed E-state index contributed by atoms with van der Waals surface area (Å²) in [6, 6.07) is 8.54. The maximum Gasteiger partial charge on any atom is 0.232 e. The third kappa shape index (κ3) is 3.28. The van der Waals surface area contributed by atoms with Crippen molar-refractivity contribution < 1.29 is 18.1 Å². The van der Waals surface area contributed by atoms with Crippen molar-refractivity contribution in [3.05, 3.63) is 64.0 Å². The fraction of sp³-hybridized carbons (Fsp3) is 0.167. The smallest absolute Gasteiger partial charge is 0.232 e. The van der Waals surface area contributed by atoms with Crippen LogP contribution in [0.3, 0.4) is 0 Å². The van der Waals surface area contributed by atoms with Gasteiger partial charge in [0.05, 0.1) is 21.7 Å². The lowest BCUT2D eigenvalue weighted by Gasteiger charge is -2.17. The number of aromatic nitrogens is 2. The van der Waals surface area contributed by atoms with Gasteiger partial charge >= 0.3 is 0 Å². The van der Waals surface area contributed by atoms with Crippen LogP contribution >= 0.6 is 23.2 Å². The van der Waals surface area contributed by atoms with Crippen LogP contribution in [0.15, 0.2) is 40.9 Å². The first-order chi connectivity index (χ1) is 12.9. The summed E-state index contributed by atoms with van der Waals surface area (Å²) in [7, 11) is 0. The molecule has 0 bridgehead atoms. The molecule has 27 heavy (non-hydrogen) atoms. The van der Waals surface area contributed by atoms with Crippen LogP contribution < -0.4 is 4.90 Å². The zero-order chi connectivity index (χ0) is 19.1. The Balaban J connectivity index is 1.59. The maximum absolute atomic E-state index is 14.2. The molecule has 4 rings (SSSR count). The van der Waals surface area contributed by atoms with Crippen LogP contribution in [-0.4, -0.2) is 22.6 Å². The van der Waals surface area contributed by atoms with E-state index in [0.29, 0.717) is 5.56 Å². The molecule has 1 atom stereocenters. The van der Waals surface area contributed by atoms with Crippen LogP contribution in [-0.2, 0) is 4.79 Å². The average Bonchev–Trinajstić information content (AvgIpc) is 3.27. The van der Waals surface area contributed by atoms with Crippen molar-refractivity contribution in [2.75, 3.05) is 11.4 Å². The summed E-state index contributed by atoms with van der Waals surface area (Å²) in [5.41, 5.74) is 0.596. The highest BCUT2D eigenvalue weighted by Crippen LogP contribution is 2.35. The highest BCUT2D eigenvalue weighted by atomic mass is 35.5. The highest BCUT2D eigenvalue weighted by Gasteiger charge is 2.36. The van der Waals surface area contributed by atoms with E-state index >= 15 is 0 Å². The number of amides is 1. The van der Waals surface area contributed by atoms with E-state index in [-0.39, 0.29) is 46.3 Å². The lowest BCUT2D eigenvalue weighted by Crippen LogP contribution is -2.25. The fourth-order valence-electron chi connectivity index (χ4n) is 2.96. The Labute approximate surface area is 162 Å². The standard InChI is InChI=1S/C18H11Cl2F2N3O2/c19-11-2-1-3-14(16(11)22)25-8-10(7-15(25)26)18-23-17(24-27-18)9-4-5-13(21)12(20)6-9/h1-6,10H,7-8H2. The van der Waals surface area contributed by atoms with Crippen LogP contribution in [0.2, 0.25) is 10.0 Å². The van der Waals surface area contributed by atoms with E-state index in [2.05, 4.69) is 10.1 Å². The summed E-state index contributed by atoms with van der Waals surface area (Å²) >= 11 is 11.6. The first-order valence-electron chi connectivity index (χ1n) is 7.97. The van der Waals surface area contributed by atoms with Gasteiger partial charge in [-0.3, -0.25) is 4.79 Å². The van der Waals surface area contributed by atoms with E-state index in [1.165, 1.54) is 35.2 Å². The van der Waals surface area contributed by atoms with Gasteiger partial charge in [0.15, 0.2) is 5.82 Å². The van der Waals surface area contributed by atoms with Crippen molar-refractivity contribution in [1.29, 1.82) is 0 Å². The Morgan fingerprint density at radius 3 is 2.74 bits per heavy atom. The third-order valence-corrected chi connectivity index (χ3v) is 4.90. The van der Waals surface area contributed by atoms with Crippen molar-refractivity contribution in [3.63, 3.8) is 0 Å². The molecule has 1 fully saturated rings. The molecule has 1 aliphatic rings. The molecule has 0 N–H and O–H groups in total. The Hall–Kier alpha value is -2.51. The molecule has 0 saturated carbocycles. The van der Waals surface area contributed by atoms with Crippen LogP contribution in [0, 0.1) is 11.6 Å². The molecule has 1 unspecified atom stereocenters. The Kier molecular flexibility index (Phi) is 4.57. The van der Waals surface area contributed by atoms with Crippen molar-refractivity contribution in [3.8, 4) is 11.4 Å². The van der Waals surface area contributed by atoms with E-state index in [4.69, 9.17) is 27.7 Å². The van der Waals surface area contributed by atoms with Gasteiger partial charge in [0.25, 0.3) is 0 Å². The molecule has 1 aromatic heterocycles. The van der Waals surface area contributed by atoms with E-state index in [9.17, 15) is 13.6 Å². The average molecular weight is 410 g/mol. The maximum atomic E-state index is 14.2. The van der Waals surface area contributed by atoms with Crippen molar-refractivity contribution >= 4 is 34.8 Å². The van der Waals surface area contributed by atoms with Gasteiger partial charge in [0.2, 0.25) is 17.6 Å². The molecule has 9 heteroatoms. The van der Waals surface area contributed by atoms with Gasteiger partial charge in [-0.15, -0.1) is 0 Å². The van der Waals surface area contributed by atoms with E-state index < -0.39 is 17.6 Å². The fourth-order valence-corrected chi connectivity index (χ4v) is 3.31. The molecule has 1 aliphatic heterocycles. The summed E-state index contributed by atoms with van der Waals surface area (Å²) in [5, 5.41) is 3.75.